The largest absolute Gasteiger partial charge is 0.356 e. The predicted octanol–water partition coefficient (Wildman–Crippen LogP) is 5.33. The van der Waals surface area contributed by atoms with Gasteiger partial charge in [0.1, 0.15) is 0 Å². The summed E-state index contributed by atoms with van der Waals surface area (Å²) in [4.78, 5) is 18.9. The number of aromatic amines is 1. The minimum atomic E-state index is 0.0655. The number of benzene rings is 2. The van der Waals surface area contributed by atoms with Gasteiger partial charge in [0.05, 0.1) is 11.6 Å². The maximum atomic E-state index is 13.2. The Hall–Kier alpha value is -2.07. The summed E-state index contributed by atoms with van der Waals surface area (Å²) in [6, 6.07) is 16.2. The molecule has 0 spiro atoms. The number of carbonyl (C=O) groups excluding carboxylic acids is 1. The van der Waals surface area contributed by atoms with E-state index in [9.17, 15) is 4.79 Å². The van der Waals surface area contributed by atoms with E-state index in [2.05, 4.69) is 59.0 Å². The van der Waals surface area contributed by atoms with Crippen LogP contribution in [0, 0.1) is 5.92 Å². The summed E-state index contributed by atoms with van der Waals surface area (Å²) in [6.45, 7) is 5.12. The molecule has 1 amide bonds. The van der Waals surface area contributed by atoms with Crippen molar-refractivity contribution in [3.05, 3.63) is 69.8 Å². The Kier molecular flexibility index (Phi) is 4.16. The van der Waals surface area contributed by atoms with E-state index < -0.39 is 0 Å². The number of H-pyrrole nitrogens is 1. The third-order valence-electron chi connectivity index (χ3n) is 5.08. The average Bonchev–Trinajstić information content (AvgIpc) is 2.99. The molecular weight excluding hydrogens is 376 g/mol. The molecule has 2 heterocycles. The first-order valence-corrected chi connectivity index (χ1v) is 9.52. The number of amides is 1. The molecule has 0 unspecified atom stereocenters. The average molecular weight is 397 g/mol. The van der Waals surface area contributed by atoms with Gasteiger partial charge in [0.25, 0.3) is 5.91 Å². The molecule has 3 aromatic rings. The lowest BCUT2D eigenvalue weighted by molar-refractivity contribution is 0.0597. The number of aromatic nitrogens is 1. The van der Waals surface area contributed by atoms with Crippen molar-refractivity contribution >= 4 is 32.7 Å². The molecule has 4 heteroatoms. The molecule has 0 bridgehead atoms. The van der Waals surface area contributed by atoms with Gasteiger partial charge in [0.15, 0.2) is 0 Å². The molecule has 2 aromatic carbocycles. The topological polar surface area (TPSA) is 36.1 Å². The monoisotopic (exact) mass is 396 g/mol. The second kappa shape index (κ2) is 6.34. The molecule has 4 rings (SSSR count). The van der Waals surface area contributed by atoms with Crippen molar-refractivity contribution in [2.24, 2.45) is 5.92 Å². The van der Waals surface area contributed by atoms with Gasteiger partial charge in [-0.05, 0) is 52.0 Å². The van der Waals surface area contributed by atoms with Crippen molar-refractivity contribution in [1.29, 1.82) is 0 Å². The Morgan fingerprint density at radius 2 is 1.88 bits per heavy atom. The molecule has 0 saturated heterocycles. The molecule has 1 N–H and O–H groups in total. The van der Waals surface area contributed by atoms with E-state index in [1.165, 1.54) is 16.6 Å². The Bertz CT molecular complexity index is 944. The second-order valence-corrected chi connectivity index (χ2v) is 7.83. The maximum absolute atomic E-state index is 13.2. The molecule has 3 nitrogen and oxygen atoms in total. The van der Waals surface area contributed by atoms with E-state index >= 15 is 0 Å². The van der Waals surface area contributed by atoms with Gasteiger partial charge >= 0.3 is 0 Å². The van der Waals surface area contributed by atoms with Crippen molar-refractivity contribution in [2.75, 3.05) is 6.54 Å². The van der Waals surface area contributed by atoms with Crippen LogP contribution in [0.3, 0.4) is 0 Å². The predicted molar refractivity (Wildman–Crippen MR) is 105 cm³/mol. The summed E-state index contributed by atoms with van der Waals surface area (Å²) < 4.78 is 0.852. The fourth-order valence-electron chi connectivity index (χ4n) is 3.98. The number of halogens is 1. The quantitative estimate of drug-likeness (QED) is 0.624. The van der Waals surface area contributed by atoms with E-state index in [-0.39, 0.29) is 11.9 Å². The highest BCUT2D eigenvalue weighted by atomic mass is 79.9. The fourth-order valence-corrected chi connectivity index (χ4v) is 4.43. The van der Waals surface area contributed by atoms with E-state index in [0.29, 0.717) is 5.92 Å². The summed E-state index contributed by atoms with van der Waals surface area (Å²) in [5.74, 6) is 0.425. The lowest BCUT2D eigenvalue weighted by Crippen LogP contribution is -2.42. The fraction of sp³-hybridized carbons (Fsp3) is 0.286. The maximum Gasteiger partial charge on any atom is 0.255 e. The molecule has 0 radical (unpaired) electrons. The highest BCUT2D eigenvalue weighted by molar-refractivity contribution is 9.10. The highest BCUT2D eigenvalue weighted by Crippen LogP contribution is 2.39. The number of nitrogens with zero attached hydrogens (tertiary/aromatic N) is 1. The van der Waals surface area contributed by atoms with Gasteiger partial charge in [-0.15, -0.1) is 0 Å². The van der Waals surface area contributed by atoms with Crippen molar-refractivity contribution in [1.82, 2.24) is 9.88 Å². The molecule has 128 valence electrons. The summed E-state index contributed by atoms with van der Waals surface area (Å²) in [5.41, 5.74) is 4.45. The standard InChI is InChI=1S/C21H21BrN2O/c1-13(2)20-19-15(14-7-4-6-10-18(14)23-19)11-12-24(20)21(25)16-8-3-5-9-17(16)22/h3-10,13,20,23H,11-12H2,1-2H3/t20-/m0/s1. The number of para-hydroxylation sites is 1. The van der Waals surface area contributed by atoms with Crippen molar-refractivity contribution in [2.45, 2.75) is 26.3 Å². The molecule has 25 heavy (non-hydrogen) atoms. The first-order chi connectivity index (χ1) is 12.1. The van der Waals surface area contributed by atoms with Gasteiger partial charge in [-0.1, -0.05) is 44.2 Å². The van der Waals surface area contributed by atoms with Gasteiger partial charge in [0, 0.05) is 27.6 Å². The summed E-state index contributed by atoms with van der Waals surface area (Å²) in [7, 11) is 0. The van der Waals surface area contributed by atoms with Crippen LogP contribution in [0.5, 0.6) is 0 Å². The Morgan fingerprint density at radius 3 is 2.64 bits per heavy atom. The van der Waals surface area contributed by atoms with Gasteiger partial charge in [-0.3, -0.25) is 4.79 Å². The van der Waals surface area contributed by atoms with E-state index in [1.54, 1.807) is 0 Å². The number of rotatable bonds is 2. The summed E-state index contributed by atoms with van der Waals surface area (Å²) >= 11 is 3.53. The number of hydrogen-bond donors (Lipinski definition) is 1. The van der Waals surface area contributed by atoms with E-state index in [0.717, 1.165) is 28.5 Å². The SMILES string of the molecule is CC(C)[C@H]1c2[nH]c3ccccc3c2CCN1C(=O)c1ccccc1Br. The van der Waals surface area contributed by atoms with Crippen molar-refractivity contribution in [3.8, 4) is 0 Å². The molecule has 1 atom stereocenters. The van der Waals surface area contributed by atoms with Crippen LogP contribution in [0.2, 0.25) is 0 Å². The van der Waals surface area contributed by atoms with Crippen LogP contribution in [0.4, 0.5) is 0 Å². The van der Waals surface area contributed by atoms with Gasteiger partial charge < -0.3 is 9.88 Å². The molecule has 0 aliphatic carbocycles. The minimum absolute atomic E-state index is 0.0655. The van der Waals surface area contributed by atoms with Crippen LogP contribution in [-0.2, 0) is 6.42 Å². The van der Waals surface area contributed by atoms with E-state index in [4.69, 9.17) is 0 Å². The van der Waals surface area contributed by atoms with Crippen LogP contribution < -0.4 is 0 Å². The van der Waals surface area contributed by atoms with Gasteiger partial charge in [-0.25, -0.2) is 0 Å². The number of carbonyl (C=O) groups is 1. The summed E-state index contributed by atoms with van der Waals surface area (Å²) in [5, 5.41) is 1.29. The Labute approximate surface area is 156 Å². The zero-order chi connectivity index (χ0) is 17.6. The lowest BCUT2D eigenvalue weighted by atomic mass is 9.90. The van der Waals surface area contributed by atoms with Crippen LogP contribution in [0.1, 0.15) is 41.5 Å². The summed E-state index contributed by atoms with van der Waals surface area (Å²) in [6.07, 6.45) is 0.888. The molecule has 0 saturated carbocycles. The first kappa shape index (κ1) is 16.4. The zero-order valence-electron chi connectivity index (χ0n) is 14.4. The van der Waals surface area contributed by atoms with Crippen molar-refractivity contribution in [3.63, 3.8) is 0 Å². The Morgan fingerprint density at radius 1 is 1.16 bits per heavy atom. The smallest absolute Gasteiger partial charge is 0.255 e. The molecule has 0 fully saturated rings. The van der Waals surface area contributed by atoms with Gasteiger partial charge in [0.2, 0.25) is 0 Å². The number of nitrogens with one attached hydrogen (secondary N) is 1. The molecule has 1 aliphatic heterocycles. The van der Waals surface area contributed by atoms with Crippen LogP contribution in [-0.4, -0.2) is 22.3 Å². The van der Waals surface area contributed by atoms with Crippen molar-refractivity contribution < 1.29 is 4.79 Å². The van der Waals surface area contributed by atoms with Crippen LogP contribution in [0.25, 0.3) is 10.9 Å². The minimum Gasteiger partial charge on any atom is -0.356 e. The van der Waals surface area contributed by atoms with E-state index in [1.807, 2.05) is 29.2 Å². The molecule has 1 aromatic heterocycles. The molecular formula is C21H21BrN2O. The third-order valence-corrected chi connectivity index (χ3v) is 5.77. The van der Waals surface area contributed by atoms with Crippen LogP contribution >= 0.6 is 15.9 Å². The lowest BCUT2D eigenvalue weighted by Gasteiger charge is -2.38. The normalized spacial score (nSPS) is 17.1. The second-order valence-electron chi connectivity index (χ2n) is 6.98. The number of hydrogen-bond acceptors (Lipinski definition) is 1. The molecule has 1 aliphatic rings. The Balaban J connectivity index is 1.80. The highest BCUT2D eigenvalue weighted by Gasteiger charge is 2.35. The van der Waals surface area contributed by atoms with Crippen LogP contribution in [0.15, 0.2) is 53.0 Å². The zero-order valence-corrected chi connectivity index (χ0v) is 16.0. The third kappa shape index (κ3) is 2.69. The van der Waals surface area contributed by atoms with Gasteiger partial charge in [-0.2, -0.15) is 0 Å². The number of fused-ring (bicyclic) bond motifs is 3. The first-order valence-electron chi connectivity index (χ1n) is 8.73.